The summed E-state index contributed by atoms with van der Waals surface area (Å²) in [6, 6.07) is 14.3. The van der Waals surface area contributed by atoms with Gasteiger partial charge in [0.05, 0.1) is 18.8 Å². The third-order valence-corrected chi connectivity index (χ3v) is 6.70. The van der Waals surface area contributed by atoms with E-state index in [-0.39, 0.29) is 36.3 Å². The molecule has 6 nitrogen and oxygen atoms in total. The average molecular weight is 465 g/mol. The highest BCUT2D eigenvalue weighted by molar-refractivity contribution is 5.89. The number of aliphatic hydroxyl groups excluding tert-OH is 1. The van der Waals surface area contributed by atoms with Crippen LogP contribution in [0.25, 0.3) is 0 Å². The Bertz CT molecular complexity index is 1050. The SMILES string of the molecule is CN(C)CC#Cc1ccc([C@@H]2[C@H](CO)N3CCCCN(C(=O)Nc4ccccc4F)C[C@@H]23)cc1. The molecule has 0 spiro atoms. The number of halogens is 1. The molecule has 2 aromatic rings. The molecule has 2 saturated heterocycles. The van der Waals surface area contributed by atoms with Crippen LogP contribution in [0, 0.1) is 17.7 Å². The number of fused-ring (bicyclic) bond motifs is 1. The van der Waals surface area contributed by atoms with Gasteiger partial charge in [-0.15, -0.1) is 0 Å². The van der Waals surface area contributed by atoms with Crippen molar-refractivity contribution in [2.75, 3.05) is 52.2 Å². The Morgan fingerprint density at radius 1 is 1.15 bits per heavy atom. The van der Waals surface area contributed by atoms with E-state index in [4.69, 9.17) is 0 Å². The topological polar surface area (TPSA) is 59.1 Å². The molecule has 2 amide bonds. The van der Waals surface area contributed by atoms with Crippen molar-refractivity contribution >= 4 is 11.7 Å². The number of carbonyl (C=O) groups excluding carboxylic acids is 1. The van der Waals surface area contributed by atoms with Crippen molar-refractivity contribution < 1.29 is 14.3 Å². The van der Waals surface area contributed by atoms with E-state index in [1.807, 2.05) is 31.1 Å². The van der Waals surface area contributed by atoms with Crippen LogP contribution in [0.3, 0.4) is 0 Å². The molecule has 34 heavy (non-hydrogen) atoms. The number of hydrogen-bond acceptors (Lipinski definition) is 4. The van der Waals surface area contributed by atoms with E-state index in [1.54, 1.807) is 23.1 Å². The van der Waals surface area contributed by atoms with Crippen LogP contribution in [-0.4, -0.2) is 84.8 Å². The van der Waals surface area contributed by atoms with Gasteiger partial charge in [0.15, 0.2) is 0 Å². The molecular formula is C27H33FN4O2. The number of hydrogen-bond donors (Lipinski definition) is 2. The van der Waals surface area contributed by atoms with Gasteiger partial charge >= 0.3 is 6.03 Å². The summed E-state index contributed by atoms with van der Waals surface area (Å²) in [5.74, 6) is 6.01. The lowest BCUT2D eigenvalue weighted by Crippen LogP contribution is -2.68. The highest BCUT2D eigenvalue weighted by atomic mass is 19.1. The monoisotopic (exact) mass is 464 g/mol. The van der Waals surface area contributed by atoms with E-state index < -0.39 is 5.82 Å². The summed E-state index contributed by atoms with van der Waals surface area (Å²) in [6.45, 7) is 2.85. The smallest absolute Gasteiger partial charge is 0.321 e. The van der Waals surface area contributed by atoms with Crippen molar-refractivity contribution in [2.24, 2.45) is 0 Å². The van der Waals surface area contributed by atoms with E-state index in [0.29, 0.717) is 19.6 Å². The maximum absolute atomic E-state index is 14.1. The Morgan fingerprint density at radius 3 is 2.59 bits per heavy atom. The molecule has 0 unspecified atom stereocenters. The quantitative estimate of drug-likeness (QED) is 0.683. The number of rotatable bonds is 4. The standard InChI is InChI=1S/C27H33FN4O2/c1-30(2)15-7-8-20-11-13-21(14-12-20)26-24-18-31(16-5-6-17-32(24)25(26)19-33)27(34)29-23-10-4-3-9-22(23)28/h3-4,9-14,24-26,33H,5-6,15-19H2,1-2H3,(H,29,34)/t24-,25-,26-/m0/s1. The number of anilines is 1. The van der Waals surface area contributed by atoms with Gasteiger partial charge in [0.1, 0.15) is 5.82 Å². The van der Waals surface area contributed by atoms with Crippen LogP contribution in [0.15, 0.2) is 48.5 Å². The molecule has 180 valence electrons. The zero-order chi connectivity index (χ0) is 24.1. The molecule has 2 aliphatic rings. The second kappa shape index (κ2) is 11.0. The minimum absolute atomic E-state index is 0.0326. The van der Waals surface area contributed by atoms with Gasteiger partial charge in [-0.2, -0.15) is 0 Å². The second-order valence-electron chi connectivity index (χ2n) is 9.31. The summed E-state index contributed by atoms with van der Waals surface area (Å²) < 4.78 is 14.1. The lowest BCUT2D eigenvalue weighted by atomic mass is 9.74. The minimum atomic E-state index is -0.444. The first kappa shape index (κ1) is 24.2. The first-order chi connectivity index (χ1) is 16.5. The Kier molecular flexibility index (Phi) is 7.84. The van der Waals surface area contributed by atoms with Crippen molar-refractivity contribution in [1.82, 2.24) is 14.7 Å². The maximum Gasteiger partial charge on any atom is 0.321 e. The number of urea groups is 1. The fourth-order valence-corrected chi connectivity index (χ4v) is 4.97. The van der Waals surface area contributed by atoms with Crippen LogP contribution in [0.4, 0.5) is 14.9 Å². The fourth-order valence-electron chi connectivity index (χ4n) is 4.97. The summed E-state index contributed by atoms with van der Waals surface area (Å²) in [5.41, 5.74) is 2.30. The van der Waals surface area contributed by atoms with Crippen molar-refractivity contribution in [1.29, 1.82) is 0 Å². The van der Waals surface area contributed by atoms with Crippen molar-refractivity contribution in [3.8, 4) is 11.8 Å². The Hall–Kier alpha value is -2.92. The predicted octanol–water partition coefficient (Wildman–Crippen LogP) is 3.20. The number of benzene rings is 2. The summed E-state index contributed by atoms with van der Waals surface area (Å²) >= 11 is 0. The number of para-hydroxylation sites is 1. The molecule has 2 fully saturated rings. The van der Waals surface area contributed by atoms with E-state index in [1.165, 1.54) is 6.07 Å². The van der Waals surface area contributed by atoms with Crippen molar-refractivity contribution in [2.45, 2.75) is 30.8 Å². The molecule has 0 aliphatic carbocycles. The minimum Gasteiger partial charge on any atom is -0.395 e. The van der Waals surface area contributed by atoms with Gasteiger partial charge in [-0.05, 0) is 63.3 Å². The highest BCUT2D eigenvalue weighted by Gasteiger charge is 2.49. The predicted molar refractivity (Wildman–Crippen MR) is 132 cm³/mol. The summed E-state index contributed by atoms with van der Waals surface area (Å²) in [6.07, 6.45) is 1.82. The molecule has 2 aliphatic heterocycles. The van der Waals surface area contributed by atoms with Gasteiger partial charge in [-0.1, -0.05) is 36.1 Å². The first-order valence-electron chi connectivity index (χ1n) is 11.9. The van der Waals surface area contributed by atoms with Crippen LogP contribution >= 0.6 is 0 Å². The molecule has 2 N–H and O–H groups in total. The molecule has 0 saturated carbocycles. The van der Waals surface area contributed by atoms with E-state index >= 15 is 0 Å². The lowest BCUT2D eigenvalue weighted by molar-refractivity contribution is -0.0585. The van der Waals surface area contributed by atoms with Crippen molar-refractivity contribution in [3.63, 3.8) is 0 Å². The highest BCUT2D eigenvalue weighted by Crippen LogP contribution is 2.42. The molecule has 2 heterocycles. The zero-order valence-electron chi connectivity index (χ0n) is 19.9. The molecule has 7 heteroatoms. The number of amides is 2. The van der Waals surface area contributed by atoms with E-state index in [2.05, 4.69) is 34.2 Å². The fraction of sp³-hybridized carbons (Fsp3) is 0.444. The van der Waals surface area contributed by atoms with E-state index in [0.717, 1.165) is 30.5 Å². The van der Waals surface area contributed by atoms with Gasteiger partial charge in [-0.25, -0.2) is 9.18 Å². The third kappa shape index (κ3) is 5.41. The molecule has 0 bridgehead atoms. The summed E-state index contributed by atoms with van der Waals surface area (Å²) in [5, 5.41) is 12.9. The van der Waals surface area contributed by atoms with Gasteiger partial charge < -0.3 is 15.3 Å². The number of carbonyl (C=O) groups is 1. The third-order valence-electron chi connectivity index (χ3n) is 6.70. The zero-order valence-corrected chi connectivity index (χ0v) is 19.9. The maximum atomic E-state index is 14.1. The van der Waals surface area contributed by atoms with Gasteiger partial charge in [0.25, 0.3) is 0 Å². The Morgan fingerprint density at radius 2 is 1.88 bits per heavy atom. The molecular weight excluding hydrogens is 431 g/mol. The van der Waals surface area contributed by atoms with Gasteiger partial charge in [0.2, 0.25) is 0 Å². The van der Waals surface area contributed by atoms with Gasteiger partial charge in [-0.3, -0.25) is 9.80 Å². The van der Waals surface area contributed by atoms with Crippen LogP contribution < -0.4 is 5.32 Å². The summed E-state index contributed by atoms with van der Waals surface area (Å²) in [7, 11) is 3.98. The lowest BCUT2D eigenvalue weighted by Gasteiger charge is -2.57. The molecule has 0 aromatic heterocycles. The molecule has 3 atom stereocenters. The van der Waals surface area contributed by atoms with Gasteiger partial charge in [0, 0.05) is 36.7 Å². The molecule has 4 rings (SSSR count). The normalized spacial score (nSPS) is 22.6. The van der Waals surface area contributed by atoms with Crippen molar-refractivity contribution in [3.05, 3.63) is 65.5 Å². The Labute approximate surface area is 201 Å². The number of nitrogens with one attached hydrogen (secondary N) is 1. The Balaban J connectivity index is 1.49. The average Bonchev–Trinajstić information content (AvgIpc) is 2.80. The van der Waals surface area contributed by atoms with E-state index in [9.17, 15) is 14.3 Å². The van der Waals surface area contributed by atoms with Crippen LogP contribution in [0.5, 0.6) is 0 Å². The molecule has 0 radical (unpaired) electrons. The number of aliphatic hydroxyl groups is 1. The molecule has 2 aromatic carbocycles. The van der Waals surface area contributed by atoms with Crippen LogP contribution in [-0.2, 0) is 0 Å². The number of nitrogens with zero attached hydrogens (tertiary/aromatic N) is 3. The summed E-state index contributed by atoms with van der Waals surface area (Å²) in [4.78, 5) is 19.1. The van der Waals surface area contributed by atoms with Crippen LogP contribution in [0.2, 0.25) is 0 Å². The first-order valence-corrected chi connectivity index (χ1v) is 11.9. The second-order valence-corrected chi connectivity index (χ2v) is 9.31. The van der Waals surface area contributed by atoms with Crippen LogP contribution in [0.1, 0.15) is 29.9 Å². The largest absolute Gasteiger partial charge is 0.395 e.